The lowest BCUT2D eigenvalue weighted by Crippen LogP contribution is -2.32. The summed E-state index contributed by atoms with van der Waals surface area (Å²) in [5.74, 6) is 0.0376. The van der Waals surface area contributed by atoms with Crippen LogP contribution in [0.25, 0.3) is 0 Å². The van der Waals surface area contributed by atoms with E-state index in [-0.39, 0.29) is 28.9 Å². The third-order valence-corrected chi connectivity index (χ3v) is 4.28. The Bertz CT molecular complexity index is 476. The van der Waals surface area contributed by atoms with E-state index in [9.17, 15) is 18.3 Å². The summed E-state index contributed by atoms with van der Waals surface area (Å²) in [5.41, 5.74) is 5.28. The van der Waals surface area contributed by atoms with Crippen molar-refractivity contribution in [2.45, 2.75) is 44.0 Å². The fourth-order valence-electron chi connectivity index (χ4n) is 2.75. The number of aliphatic hydroxyl groups excluding tert-OH is 1. The minimum absolute atomic E-state index is 0. The number of alkyl halides is 3. The van der Waals surface area contributed by atoms with Crippen molar-refractivity contribution in [3.05, 3.63) is 34.3 Å². The number of aliphatic hydroxyl groups is 1. The van der Waals surface area contributed by atoms with Gasteiger partial charge in [-0.15, -0.1) is 12.4 Å². The molecule has 1 aliphatic rings. The number of benzene rings is 1. The predicted octanol–water partition coefficient (Wildman–Crippen LogP) is 4.33. The van der Waals surface area contributed by atoms with Crippen LogP contribution in [0.1, 0.15) is 42.9 Å². The van der Waals surface area contributed by atoms with Crippen LogP contribution in [0.5, 0.6) is 0 Å². The highest BCUT2D eigenvalue weighted by molar-refractivity contribution is 6.31. The van der Waals surface area contributed by atoms with E-state index >= 15 is 0 Å². The van der Waals surface area contributed by atoms with E-state index < -0.39 is 23.9 Å². The lowest BCUT2D eigenvalue weighted by atomic mass is 9.90. The van der Waals surface area contributed by atoms with Crippen molar-refractivity contribution < 1.29 is 18.3 Å². The molecule has 0 amide bonds. The van der Waals surface area contributed by atoms with E-state index in [4.69, 9.17) is 17.3 Å². The lowest BCUT2D eigenvalue weighted by Gasteiger charge is -2.25. The highest BCUT2D eigenvalue weighted by atomic mass is 35.5. The van der Waals surface area contributed by atoms with Crippen molar-refractivity contribution in [1.82, 2.24) is 0 Å². The second-order valence-corrected chi connectivity index (χ2v) is 5.70. The van der Waals surface area contributed by atoms with Gasteiger partial charge in [-0.25, -0.2) is 0 Å². The molecule has 2 rings (SSSR count). The first-order valence-electron chi connectivity index (χ1n) is 6.61. The molecule has 1 fully saturated rings. The molecule has 2 nitrogen and oxygen atoms in total. The van der Waals surface area contributed by atoms with Gasteiger partial charge in [0.25, 0.3) is 0 Å². The van der Waals surface area contributed by atoms with Crippen molar-refractivity contribution in [2.24, 2.45) is 11.7 Å². The molecule has 1 saturated carbocycles. The van der Waals surface area contributed by atoms with E-state index in [1.165, 1.54) is 6.07 Å². The Balaban J connectivity index is 0.00000220. The summed E-state index contributed by atoms with van der Waals surface area (Å²) in [5, 5.41) is 10.4. The summed E-state index contributed by atoms with van der Waals surface area (Å²) < 4.78 is 38.2. The molecule has 0 bridgehead atoms. The Morgan fingerprint density at radius 1 is 1.24 bits per heavy atom. The van der Waals surface area contributed by atoms with Gasteiger partial charge in [0, 0.05) is 5.02 Å². The Morgan fingerprint density at radius 3 is 2.33 bits per heavy atom. The maximum absolute atomic E-state index is 12.7. The molecule has 0 aliphatic heterocycles. The summed E-state index contributed by atoms with van der Waals surface area (Å²) in [6.07, 6.45) is -1.57. The zero-order valence-corrected chi connectivity index (χ0v) is 12.8. The topological polar surface area (TPSA) is 46.2 Å². The highest BCUT2D eigenvalue weighted by Crippen LogP contribution is 2.37. The average molecular weight is 344 g/mol. The smallest absolute Gasteiger partial charge is 0.391 e. The lowest BCUT2D eigenvalue weighted by molar-refractivity contribution is -0.137. The van der Waals surface area contributed by atoms with Gasteiger partial charge in [-0.1, -0.05) is 24.4 Å². The van der Waals surface area contributed by atoms with Gasteiger partial charge < -0.3 is 10.8 Å². The maximum atomic E-state index is 12.7. The van der Waals surface area contributed by atoms with Crippen molar-refractivity contribution >= 4 is 24.0 Å². The van der Waals surface area contributed by atoms with Gasteiger partial charge in [-0.3, -0.25) is 0 Å². The number of hydrogen-bond acceptors (Lipinski definition) is 2. The quantitative estimate of drug-likeness (QED) is 0.857. The molecule has 0 spiro atoms. The van der Waals surface area contributed by atoms with Crippen LogP contribution in [-0.4, -0.2) is 11.2 Å². The summed E-state index contributed by atoms with van der Waals surface area (Å²) >= 11 is 5.93. The largest absolute Gasteiger partial charge is 0.416 e. The second kappa shape index (κ2) is 7.18. The molecule has 0 unspecified atom stereocenters. The monoisotopic (exact) mass is 343 g/mol. The molecule has 0 radical (unpaired) electrons. The molecular weight excluding hydrogens is 326 g/mol. The zero-order valence-electron chi connectivity index (χ0n) is 11.2. The van der Waals surface area contributed by atoms with Gasteiger partial charge in [0.2, 0.25) is 0 Å². The Labute approximate surface area is 132 Å². The van der Waals surface area contributed by atoms with Crippen molar-refractivity contribution in [3.63, 3.8) is 0 Å². The van der Waals surface area contributed by atoms with Crippen LogP contribution in [0.3, 0.4) is 0 Å². The Kier molecular flexibility index (Phi) is 6.35. The molecular formula is C14H18Cl2F3NO. The molecule has 21 heavy (non-hydrogen) atoms. The van der Waals surface area contributed by atoms with Gasteiger partial charge in [-0.2, -0.15) is 13.2 Å². The van der Waals surface area contributed by atoms with Crippen LogP contribution >= 0.6 is 24.0 Å². The molecule has 7 heteroatoms. The third-order valence-electron chi connectivity index (χ3n) is 3.93. The van der Waals surface area contributed by atoms with Crippen LogP contribution in [0.4, 0.5) is 13.2 Å². The molecule has 0 heterocycles. The summed E-state index contributed by atoms with van der Waals surface area (Å²) in [4.78, 5) is 0. The molecule has 1 aromatic carbocycles. The standard InChI is InChI=1S/C14H17ClF3NO.ClH/c15-11-6-5-9(14(16,17)18)7-10(11)12(19)13(20)8-3-1-2-4-8;/h5-8,12-13,20H,1-4,19H2;1H/t12-,13+;/m0./s1. The zero-order chi connectivity index (χ0) is 14.9. The molecule has 2 atom stereocenters. The van der Waals surface area contributed by atoms with Crippen LogP contribution < -0.4 is 5.73 Å². The highest BCUT2D eigenvalue weighted by Gasteiger charge is 2.34. The van der Waals surface area contributed by atoms with E-state index in [1.807, 2.05) is 0 Å². The predicted molar refractivity (Wildman–Crippen MR) is 78.6 cm³/mol. The minimum atomic E-state index is -4.45. The van der Waals surface area contributed by atoms with Crippen molar-refractivity contribution in [2.75, 3.05) is 0 Å². The van der Waals surface area contributed by atoms with Gasteiger partial charge in [0.15, 0.2) is 0 Å². The number of rotatable bonds is 3. The number of halogens is 5. The summed E-state index contributed by atoms with van der Waals surface area (Å²) in [6.45, 7) is 0. The maximum Gasteiger partial charge on any atom is 0.416 e. The minimum Gasteiger partial charge on any atom is -0.391 e. The van der Waals surface area contributed by atoms with E-state index in [1.54, 1.807) is 0 Å². The second-order valence-electron chi connectivity index (χ2n) is 5.29. The molecule has 0 aromatic heterocycles. The van der Waals surface area contributed by atoms with Gasteiger partial charge in [0.05, 0.1) is 17.7 Å². The first-order valence-corrected chi connectivity index (χ1v) is 6.99. The number of hydrogen-bond donors (Lipinski definition) is 2. The van der Waals surface area contributed by atoms with E-state index in [0.717, 1.165) is 37.8 Å². The van der Waals surface area contributed by atoms with E-state index in [0.29, 0.717) is 0 Å². The van der Waals surface area contributed by atoms with Crippen molar-refractivity contribution in [1.29, 1.82) is 0 Å². The molecule has 1 aromatic rings. The Morgan fingerprint density at radius 2 is 1.81 bits per heavy atom. The van der Waals surface area contributed by atoms with Crippen LogP contribution in [0.15, 0.2) is 18.2 Å². The number of nitrogens with two attached hydrogens (primary N) is 1. The molecule has 1 aliphatic carbocycles. The van der Waals surface area contributed by atoms with Gasteiger partial charge in [0.1, 0.15) is 0 Å². The fourth-order valence-corrected chi connectivity index (χ4v) is 3.00. The van der Waals surface area contributed by atoms with Gasteiger partial charge >= 0.3 is 6.18 Å². The molecule has 0 saturated heterocycles. The normalized spacial score (nSPS) is 19.1. The average Bonchev–Trinajstić information content (AvgIpc) is 2.90. The van der Waals surface area contributed by atoms with Crippen LogP contribution in [0.2, 0.25) is 5.02 Å². The van der Waals surface area contributed by atoms with Crippen LogP contribution in [0, 0.1) is 5.92 Å². The van der Waals surface area contributed by atoms with Crippen molar-refractivity contribution in [3.8, 4) is 0 Å². The van der Waals surface area contributed by atoms with E-state index in [2.05, 4.69) is 0 Å². The first-order chi connectivity index (χ1) is 9.30. The van der Waals surface area contributed by atoms with Crippen LogP contribution in [-0.2, 0) is 6.18 Å². The SMILES string of the molecule is Cl.N[C@@H](c1cc(C(F)(F)F)ccc1Cl)[C@H](O)C1CCCC1. The summed E-state index contributed by atoms with van der Waals surface area (Å²) in [7, 11) is 0. The third kappa shape index (κ3) is 4.25. The Hall–Kier alpha value is -0.490. The van der Waals surface area contributed by atoms with Gasteiger partial charge in [-0.05, 0) is 42.5 Å². The molecule has 120 valence electrons. The molecule has 3 N–H and O–H groups in total. The first kappa shape index (κ1) is 18.6. The summed E-state index contributed by atoms with van der Waals surface area (Å²) in [6, 6.07) is 2.14. The fraction of sp³-hybridized carbons (Fsp3) is 0.571.